The maximum absolute atomic E-state index is 5.78. The van der Waals surface area contributed by atoms with E-state index < -0.39 is 28.4 Å². The van der Waals surface area contributed by atoms with Gasteiger partial charge in [0.25, 0.3) is 0 Å². The van der Waals surface area contributed by atoms with Crippen LogP contribution in [0.4, 0.5) is 0 Å². The zero-order valence-electron chi connectivity index (χ0n) is 17.3. The van der Waals surface area contributed by atoms with E-state index in [9.17, 15) is 0 Å². The maximum atomic E-state index is 5.78. The highest BCUT2D eigenvalue weighted by Gasteiger charge is 2.69. The van der Waals surface area contributed by atoms with E-state index in [1.165, 1.54) is 0 Å². The zero-order chi connectivity index (χ0) is 23.9. The smallest absolute Gasteiger partial charge is 0.512 e. The fourth-order valence-corrected chi connectivity index (χ4v) is 93.4. The van der Waals surface area contributed by atoms with Crippen LogP contribution in [0.3, 0.4) is 0 Å². The van der Waals surface area contributed by atoms with Crippen LogP contribution in [-0.4, -0.2) is 91.5 Å². The second-order valence-electron chi connectivity index (χ2n) is 6.41. The molecule has 0 spiro atoms. The Kier molecular flexibility index (Phi) is 10.5. The van der Waals surface area contributed by atoms with E-state index in [0.717, 1.165) is 11.1 Å². The van der Waals surface area contributed by atoms with Crippen LogP contribution in [0.15, 0.2) is 12.1 Å². The Morgan fingerprint density at radius 3 is 1.94 bits per heavy atom. The zero-order valence-corrected chi connectivity index (χ0v) is 26.3. The van der Waals surface area contributed by atoms with Crippen molar-refractivity contribution in [1.29, 1.82) is 0 Å². The van der Waals surface area contributed by atoms with Crippen LogP contribution >= 0.6 is 0 Å². The highest BCUT2D eigenvalue weighted by atomic mass is 30.4. The minimum absolute atomic E-state index is 0.595. The molecule has 1 unspecified atom stereocenters. The summed E-state index contributed by atoms with van der Waals surface area (Å²) < 4.78 is 28.1. The second-order valence-corrected chi connectivity index (χ2v) is 55.0. The summed E-state index contributed by atoms with van der Waals surface area (Å²) in [5, 5.41) is 0. The molecule has 1 aromatic rings. The lowest BCUT2D eigenvalue weighted by Gasteiger charge is -2.49. The second kappa shape index (κ2) is 11.6. The number of methoxy groups -OCH3 is 2. The SMILES string of the molecule is C#CO[Si](OC#C)[Si](CCc1c(C)cc(OC)cc1OC)([Si]([Si])([Si])[Si])[Si]([Si])([Si])OC#C. The van der Waals surface area contributed by atoms with E-state index in [4.69, 9.17) is 42.0 Å². The monoisotopic (exact) mass is 554 g/mol. The molecule has 0 amide bonds. The maximum Gasteiger partial charge on any atom is 0.512 e. The summed E-state index contributed by atoms with van der Waals surface area (Å²) in [5.74, 6) is 1.42. The fraction of sp³-hybridized carbons (Fsp3) is 0.294. The lowest BCUT2D eigenvalue weighted by atomic mass is 10.0. The predicted octanol–water partition coefficient (Wildman–Crippen LogP) is -0.731. The van der Waals surface area contributed by atoms with Gasteiger partial charge >= 0.3 is 8.80 Å². The van der Waals surface area contributed by atoms with E-state index in [1.807, 2.05) is 19.1 Å². The van der Waals surface area contributed by atoms with Crippen LogP contribution in [-0.2, 0) is 19.7 Å². The summed E-state index contributed by atoms with van der Waals surface area (Å²) in [6.45, 7) is -3.92. The Bertz CT molecular complexity index is 881. The minimum atomic E-state index is -3.00. The third-order valence-corrected chi connectivity index (χ3v) is 81.7. The average Bonchev–Trinajstić information content (AvgIpc) is 2.67. The van der Waals surface area contributed by atoms with Crippen LogP contribution < -0.4 is 9.47 Å². The van der Waals surface area contributed by atoms with Gasteiger partial charge in [-0.2, -0.15) is 0 Å². The molecule has 0 heterocycles. The van der Waals surface area contributed by atoms with Crippen molar-refractivity contribution in [3.8, 4) is 49.1 Å². The average molecular weight is 555 g/mol. The van der Waals surface area contributed by atoms with Crippen LogP contribution in [0.2, 0.25) is 6.04 Å². The lowest BCUT2D eigenvalue weighted by Crippen LogP contribution is -2.88. The van der Waals surface area contributed by atoms with Gasteiger partial charge in [-0.1, -0.05) is 25.3 Å². The molecule has 16 radical (unpaired) electrons. The number of hydrogen-bond donors (Lipinski definition) is 0. The molecule has 0 aliphatic rings. The van der Waals surface area contributed by atoms with Gasteiger partial charge in [0.2, 0.25) is 6.87 Å². The number of hydrogen-bond acceptors (Lipinski definition) is 5. The van der Waals surface area contributed by atoms with Crippen molar-refractivity contribution in [2.75, 3.05) is 14.2 Å². The van der Waals surface area contributed by atoms with Crippen LogP contribution in [0.1, 0.15) is 11.1 Å². The molecule has 5 nitrogen and oxygen atoms in total. The molecule has 0 aliphatic heterocycles. The van der Waals surface area contributed by atoms with Gasteiger partial charge in [-0.05, 0) is 30.5 Å². The quantitative estimate of drug-likeness (QED) is 0.267. The van der Waals surface area contributed by atoms with Gasteiger partial charge in [0.15, 0.2) is 6.63 Å². The first kappa shape index (κ1) is 27.9. The molecule has 31 heavy (non-hydrogen) atoms. The molecule has 0 N–H and O–H groups in total. The Morgan fingerprint density at radius 1 is 0.935 bits per heavy atom. The van der Waals surface area contributed by atoms with Crippen molar-refractivity contribution in [2.24, 2.45) is 0 Å². The number of ether oxygens (including phenoxy) is 2. The van der Waals surface area contributed by atoms with Crippen LogP contribution in [0.25, 0.3) is 0 Å². The highest BCUT2D eigenvalue weighted by molar-refractivity contribution is 8.11. The van der Waals surface area contributed by atoms with Gasteiger partial charge in [0, 0.05) is 41.5 Å². The predicted molar refractivity (Wildman–Crippen MR) is 134 cm³/mol. The summed E-state index contributed by atoms with van der Waals surface area (Å²) in [5.41, 5.74) is 2.02. The molecule has 14 heteroatoms. The first-order valence-corrected chi connectivity index (χ1v) is 26.6. The van der Waals surface area contributed by atoms with E-state index >= 15 is 0 Å². The summed E-state index contributed by atoms with van der Waals surface area (Å²) in [4.78, 5) is 0. The van der Waals surface area contributed by atoms with E-state index in [-0.39, 0.29) is 0 Å². The molecule has 152 valence electrons. The van der Waals surface area contributed by atoms with Gasteiger partial charge in [0.05, 0.1) is 52.1 Å². The van der Waals surface area contributed by atoms with Crippen LogP contribution in [0, 0.1) is 44.5 Å². The first-order valence-electron chi connectivity index (χ1n) is 8.68. The van der Waals surface area contributed by atoms with Crippen molar-refractivity contribution >= 4 is 77.2 Å². The fourth-order valence-electron chi connectivity index (χ4n) is 3.19. The summed E-state index contributed by atoms with van der Waals surface area (Å²) >= 11 is 0. The van der Waals surface area contributed by atoms with Gasteiger partial charge in [0.1, 0.15) is 11.5 Å². The van der Waals surface area contributed by atoms with E-state index in [2.05, 4.69) is 67.1 Å². The van der Waals surface area contributed by atoms with Crippen molar-refractivity contribution in [3.63, 3.8) is 0 Å². The highest BCUT2D eigenvalue weighted by Crippen LogP contribution is 2.35. The largest absolute Gasteiger partial charge is 0.514 e. The molecule has 1 rings (SSSR count). The molecule has 0 saturated carbocycles. The standard InChI is InChI=1S/C17H18O5Si9/c1-7-20-28(21-8-2)29(31(25,26)27,30(23,24)22-9-3)11-10-16-14(4)12-15(18-5)13-17(16)19-6/h1-3,12-13H,10-11H2,4-6H3. The first-order chi connectivity index (χ1) is 14.4. The third kappa shape index (κ3) is 6.01. The Balaban J connectivity index is 3.68. The number of terminal acetylenes is 3. The minimum Gasteiger partial charge on any atom is -0.514 e. The molecule has 0 fully saturated rings. The van der Waals surface area contributed by atoms with Crippen LogP contribution in [0.5, 0.6) is 11.5 Å². The molecule has 0 saturated heterocycles. The van der Waals surface area contributed by atoms with Gasteiger partial charge in [-0.25, -0.2) is 0 Å². The third-order valence-electron chi connectivity index (χ3n) is 4.72. The number of rotatable bonds is 11. The molecule has 1 aromatic carbocycles. The number of aryl methyl sites for hydroxylation is 1. The van der Waals surface area contributed by atoms with Gasteiger partial charge in [-0.15, -0.1) is 0 Å². The Morgan fingerprint density at radius 2 is 1.52 bits per heavy atom. The summed E-state index contributed by atoms with van der Waals surface area (Å²) in [6.07, 6.45) is 21.2. The van der Waals surface area contributed by atoms with E-state index in [0.29, 0.717) is 24.0 Å². The molecule has 1 atom stereocenters. The molecule has 0 aliphatic carbocycles. The van der Waals surface area contributed by atoms with E-state index in [1.54, 1.807) is 14.2 Å². The summed E-state index contributed by atoms with van der Waals surface area (Å²) in [7, 11) is 20.3. The van der Waals surface area contributed by atoms with Crippen molar-refractivity contribution < 1.29 is 22.8 Å². The van der Waals surface area contributed by atoms with Crippen molar-refractivity contribution in [3.05, 3.63) is 23.3 Å². The molecular weight excluding hydrogens is 537 g/mol. The topological polar surface area (TPSA) is 46.2 Å². The molecule has 0 aromatic heterocycles. The Hall–Kier alpha value is -1.15. The number of benzene rings is 1. The lowest BCUT2D eigenvalue weighted by molar-refractivity contribution is 0.390. The summed E-state index contributed by atoms with van der Waals surface area (Å²) in [6, 6.07) is 4.39. The molecule has 0 bridgehead atoms. The van der Waals surface area contributed by atoms with Gasteiger partial charge < -0.3 is 22.8 Å². The van der Waals surface area contributed by atoms with Crippen molar-refractivity contribution in [2.45, 2.75) is 19.4 Å². The van der Waals surface area contributed by atoms with Gasteiger partial charge in [-0.3, -0.25) is 0 Å². The normalized spacial score (nSPS) is 13.2. The Labute approximate surface area is 205 Å². The van der Waals surface area contributed by atoms with Crippen molar-refractivity contribution in [1.82, 2.24) is 0 Å². The molecular formula is C17H18O5Si9.